The van der Waals surface area contributed by atoms with E-state index in [2.05, 4.69) is 0 Å². The van der Waals surface area contributed by atoms with Gasteiger partial charge in [-0.15, -0.1) is 0 Å². The Morgan fingerprint density at radius 2 is 2.06 bits per heavy atom. The lowest BCUT2D eigenvalue weighted by Crippen LogP contribution is -1.97. The average molecular weight is 294 g/mol. The Kier molecular flexibility index (Phi) is 3.59. The first kappa shape index (κ1) is 13.3. The number of benzene rings is 1. The van der Waals surface area contributed by atoms with E-state index in [0.29, 0.717) is 12.1 Å². The van der Waals surface area contributed by atoms with Crippen molar-refractivity contribution in [1.29, 1.82) is 0 Å². The zero-order valence-electron chi connectivity index (χ0n) is 9.24. The monoisotopic (exact) mass is 293 g/mol. The van der Waals surface area contributed by atoms with Gasteiger partial charge in [0.15, 0.2) is 0 Å². The zero-order valence-corrected chi connectivity index (χ0v) is 10.8. The van der Waals surface area contributed by atoms with Crippen LogP contribution in [0, 0.1) is 5.82 Å². The molecule has 1 aromatic carbocycles. The molecule has 0 saturated heterocycles. The van der Waals surface area contributed by atoms with Crippen LogP contribution in [-0.2, 0) is 15.6 Å². The summed E-state index contributed by atoms with van der Waals surface area (Å²) in [5.41, 5.74) is 0.518. The van der Waals surface area contributed by atoms with E-state index in [1.807, 2.05) is 0 Å². The minimum absolute atomic E-state index is 0.155. The average Bonchev–Trinajstić information content (AvgIpc) is 2.64. The van der Waals surface area contributed by atoms with Crippen LogP contribution in [0.15, 0.2) is 29.3 Å². The molecule has 1 aromatic heterocycles. The largest absolute Gasteiger partial charge is 0.346 e. The van der Waals surface area contributed by atoms with E-state index in [9.17, 15) is 17.2 Å². The molecule has 98 valence electrons. The second-order valence-corrected chi connectivity index (χ2v) is 6.36. The van der Waals surface area contributed by atoms with Crippen molar-refractivity contribution in [3.63, 3.8) is 0 Å². The summed E-state index contributed by atoms with van der Waals surface area (Å²) in [6.07, 6.45) is 1.56. The van der Waals surface area contributed by atoms with E-state index >= 15 is 0 Å². The molecule has 0 radical (unpaired) electrons. The van der Waals surface area contributed by atoms with Gasteiger partial charge in [-0.25, -0.2) is 12.8 Å². The number of nitrogens with zero attached hydrogens (tertiary/aromatic N) is 1. The maximum Gasteiger partial charge on any atom is 0.263 e. The molecule has 0 spiro atoms. The zero-order chi connectivity index (χ0) is 13.3. The van der Waals surface area contributed by atoms with Crippen molar-refractivity contribution in [3.8, 4) is 0 Å². The second-order valence-electron chi connectivity index (χ2n) is 3.83. The summed E-state index contributed by atoms with van der Waals surface area (Å²) in [4.78, 5) is -0.155. The number of alkyl halides is 1. The maximum absolute atomic E-state index is 13.2. The Labute approximate surface area is 107 Å². The summed E-state index contributed by atoms with van der Waals surface area (Å²) >= 11 is 0. The van der Waals surface area contributed by atoms with Crippen molar-refractivity contribution in [1.82, 2.24) is 4.57 Å². The number of fused-ring (bicyclic) bond motifs is 1. The topological polar surface area (TPSA) is 39.1 Å². The number of rotatable bonds is 4. The van der Waals surface area contributed by atoms with Crippen LogP contribution in [0.2, 0.25) is 0 Å². The third kappa shape index (κ3) is 2.49. The fraction of sp³-hybridized carbons (Fsp3) is 0.273. The molecule has 0 bridgehead atoms. The normalized spacial score (nSPS) is 12.2. The van der Waals surface area contributed by atoms with Gasteiger partial charge in [-0.2, -0.15) is 0 Å². The molecule has 1 heterocycles. The van der Waals surface area contributed by atoms with Crippen LogP contribution in [0.4, 0.5) is 8.78 Å². The van der Waals surface area contributed by atoms with Crippen molar-refractivity contribution in [2.75, 3.05) is 6.67 Å². The molecule has 0 aliphatic heterocycles. The van der Waals surface area contributed by atoms with Gasteiger partial charge in [0, 0.05) is 34.3 Å². The molecule has 0 fully saturated rings. The van der Waals surface area contributed by atoms with Gasteiger partial charge < -0.3 is 4.57 Å². The molecule has 0 N–H and O–H groups in total. The Morgan fingerprint density at radius 3 is 2.67 bits per heavy atom. The molecule has 3 nitrogen and oxygen atoms in total. The molecule has 7 heteroatoms. The summed E-state index contributed by atoms with van der Waals surface area (Å²) < 4.78 is 49.7. The molecule has 0 amide bonds. The first-order chi connectivity index (χ1) is 8.43. The van der Waals surface area contributed by atoms with E-state index in [1.54, 1.807) is 4.57 Å². The van der Waals surface area contributed by atoms with Crippen LogP contribution in [0.3, 0.4) is 0 Å². The van der Waals surface area contributed by atoms with E-state index in [0.717, 1.165) is 6.07 Å². The Morgan fingerprint density at radius 1 is 1.33 bits per heavy atom. The first-order valence-corrected chi connectivity index (χ1v) is 7.53. The molecular weight excluding hydrogens is 284 g/mol. The van der Waals surface area contributed by atoms with Crippen molar-refractivity contribution in [3.05, 3.63) is 30.2 Å². The summed E-state index contributed by atoms with van der Waals surface area (Å²) in [7, 11) is 1.34. The fourth-order valence-electron chi connectivity index (χ4n) is 1.85. The van der Waals surface area contributed by atoms with Gasteiger partial charge in [-0.05, 0) is 24.6 Å². The highest BCUT2D eigenvalue weighted by Gasteiger charge is 2.19. The van der Waals surface area contributed by atoms with E-state index in [1.165, 1.54) is 18.3 Å². The summed E-state index contributed by atoms with van der Waals surface area (Å²) in [6.45, 7) is -0.200. The van der Waals surface area contributed by atoms with Crippen molar-refractivity contribution in [2.45, 2.75) is 17.9 Å². The van der Waals surface area contributed by atoms with Crippen LogP contribution in [0.25, 0.3) is 10.9 Å². The minimum atomic E-state index is -3.96. The van der Waals surface area contributed by atoms with Crippen LogP contribution >= 0.6 is 10.7 Å². The van der Waals surface area contributed by atoms with Crippen LogP contribution in [0.1, 0.15) is 6.42 Å². The lowest BCUT2D eigenvalue weighted by Gasteiger charge is -2.02. The van der Waals surface area contributed by atoms with E-state index < -0.39 is 21.5 Å². The van der Waals surface area contributed by atoms with Gasteiger partial charge in [-0.3, -0.25) is 4.39 Å². The van der Waals surface area contributed by atoms with Gasteiger partial charge in [0.2, 0.25) is 0 Å². The lowest BCUT2D eigenvalue weighted by molar-refractivity contribution is 0.449. The molecule has 0 unspecified atom stereocenters. The van der Waals surface area contributed by atoms with Gasteiger partial charge in [0.1, 0.15) is 10.7 Å². The van der Waals surface area contributed by atoms with Gasteiger partial charge in [0.25, 0.3) is 9.05 Å². The number of aryl methyl sites for hydroxylation is 1. The molecule has 0 atom stereocenters. The van der Waals surface area contributed by atoms with Gasteiger partial charge in [-0.1, -0.05) is 0 Å². The number of hydrogen-bond acceptors (Lipinski definition) is 2. The summed E-state index contributed by atoms with van der Waals surface area (Å²) in [6, 6.07) is 3.78. The Bertz CT molecular complexity index is 682. The number of halogens is 3. The third-order valence-electron chi connectivity index (χ3n) is 2.60. The summed E-state index contributed by atoms with van der Waals surface area (Å²) in [5.74, 6) is -0.549. The quantitative estimate of drug-likeness (QED) is 0.813. The minimum Gasteiger partial charge on any atom is -0.346 e. The SMILES string of the molecule is O=S(=O)(Cl)c1cn(CCCF)c2ccc(F)cc12. The second kappa shape index (κ2) is 4.85. The van der Waals surface area contributed by atoms with Crippen LogP contribution in [0.5, 0.6) is 0 Å². The predicted molar refractivity (Wildman–Crippen MR) is 65.5 cm³/mol. The highest BCUT2D eigenvalue weighted by molar-refractivity contribution is 8.14. The predicted octanol–water partition coefficient (Wildman–Crippen LogP) is 3.07. The molecule has 0 aliphatic rings. The molecule has 2 aromatic rings. The number of hydrogen-bond donors (Lipinski definition) is 0. The van der Waals surface area contributed by atoms with Crippen molar-refractivity contribution >= 4 is 30.6 Å². The molecule has 0 saturated carbocycles. The van der Waals surface area contributed by atoms with Gasteiger partial charge >= 0.3 is 0 Å². The Balaban J connectivity index is 2.67. The molecular formula is C11H10ClF2NO2S. The van der Waals surface area contributed by atoms with Crippen molar-refractivity contribution in [2.24, 2.45) is 0 Å². The summed E-state index contributed by atoms with van der Waals surface area (Å²) in [5, 5.41) is 0.212. The Hall–Kier alpha value is -1.14. The van der Waals surface area contributed by atoms with E-state index in [-0.39, 0.29) is 16.7 Å². The lowest BCUT2D eigenvalue weighted by atomic mass is 10.2. The smallest absolute Gasteiger partial charge is 0.263 e. The maximum atomic E-state index is 13.2. The highest BCUT2D eigenvalue weighted by atomic mass is 35.7. The van der Waals surface area contributed by atoms with Crippen LogP contribution in [-0.4, -0.2) is 19.7 Å². The fourth-order valence-corrected chi connectivity index (χ4v) is 2.89. The molecule has 18 heavy (non-hydrogen) atoms. The third-order valence-corrected chi connectivity index (χ3v) is 3.95. The highest BCUT2D eigenvalue weighted by Crippen LogP contribution is 2.28. The van der Waals surface area contributed by atoms with Gasteiger partial charge in [0.05, 0.1) is 6.67 Å². The van der Waals surface area contributed by atoms with Crippen LogP contribution < -0.4 is 0 Å². The van der Waals surface area contributed by atoms with Crippen molar-refractivity contribution < 1.29 is 17.2 Å². The molecule has 2 rings (SSSR count). The first-order valence-electron chi connectivity index (χ1n) is 5.22. The standard InChI is InChI=1S/C11H10ClF2NO2S/c12-18(16,17)11-7-15(5-1-4-13)10-3-2-8(14)6-9(10)11/h2-3,6-7H,1,4-5H2. The number of aromatic nitrogens is 1. The molecule has 0 aliphatic carbocycles. The van der Waals surface area contributed by atoms with E-state index in [4.69, 9.17) is 10.7 Å².